The number of hydrogen-bond acceptors (Lipinski definition) is 5. The fourth-order valence-electron chi connectivity index (χ4n) is 1.68. The fraction of sp³-hybridized carbons (Fsp3) is 0.231. The van der Waals surface area contributed by atoms with Crippen LogP contribution < -0.4 is 10.1 Å². The molecule has 1 heterocycles. The summed E-state index contributed by atoms with van der Waals surface area (Å²) in [4.78, 5) is 11.5. The Morgan fingerprint density at radius 2 is 2.20 bits per heavy atom. The molecular weight excluding hydrogens is 300 g/mol. The Kier molecular flexibility index (Phi) is 4.81. The maximum absolute atomic E-state index is 10.9. The summed E-state index contributed by atoms with van der Waals surface area (Å²) in [5.41, 5.74) is 0.736. The molecule has 0 unspecified atom stereocenters. The first-order valence-corrected chi connectivity index (χ1v) is 7.19. The normalized spacial score (nSPS) is 10.3. The molecule has 0 fully saturated rings. The minimum atomic E-state index is -0.451. The van der Waals surface area contributed by atoms with Gasteiger partial charge in [0.1, 0.15) is 0 Å². The highest BCUT2D eigenvalue weighted by atomic mass is 35.5. The molecule has 106 valence electrons. The minimum absolute atomic E-state index is 0.0310. The van der Waals surface area contributed by atoms with Gasteiger partial charge in [0.2, 0.25) is 0 Å². The van der Waals surface area contributed by atoms with E-state index in [4.69, 9.17) is 16.3 Å². The highest BCUT2D eigenvalue weighted by molar-refractivity contribution is 7.16. The van der Waals surface area contributed by atoms with Gasteiger partial charge < -0.3 is 10.1 Å². The van der Waals surface area contributed by atoms with Gasteiger partial charge in [0.15, 0.2) is 5.75 Å². The Morgan fingerprint density at radius 3 is 2.80 bits per heavy atom. The number of hydrogen-bond donors (Lipinski definition) is 1. The molecule has 0 atom stereocenters. The Bertz CT molecular complexity index is 615. The van der Waals surface area contributed by atoms with Crippen LogP contribution in [-0.2, 0) is 6.54 Å². The van der Waals surface area contributed by atoms with Crippen molar-refractivity contribution >= 4 is 34.3 Å². The van der Waals surface area contributed by atoms with Gasteiger partial charge in [-0.1, -0.05) is 11.6 Å². The summed E-state index contributed by atoms with van der Waals surface area (Å²) in [6.07, 6.45) is 0. The highest BCUT2D eigenvalue weighted by Crippen LogP contribution is 2.30. The molecule has 0 aliphatic carbocycles. The number of thiophene rings is 1. The van der Waals surface area contributed by atoms with E-state index in [1.807, 2.05) is 12.1 Å². The van der Waals surface area contributed by atoms with Gasteiger partial charge >= 0.3 is 5.69 Å². The van der Waals surface area contributed by atoms with Crippen LogP contribution in [0, 0.1) is 10.1 Å². The zero-order valence-corrected chi connectivity index (χ0v) is 12.3. The molecule has 0 saturated heterocycles. The standard InChI is InChI=1S/C13H13ClN2O3S/c1-2-19-12-7-9(3-5-11(12)16(17)18)15-8-10-4-6-13(14)20-10/h3-7,15H,2,8H2,1H3. The molecule has 1 aromatic heterocycles. The molecule has 0 amide bonds. The number of nitro groups is 1. The summed E-state index contributed by atoms with van der Waals surface area (Å²) in [5, 5.41) is 14.1. The molecule has 0 saturated carbocycles. The molecule has 0 spiro atoms. The number of anilines is 1. The van der Waals surface area contributed by atoms with Crippen molar-refractivity contribution in [2.75, 3.05) is 11.9 Å². The summed E-state index contributed by atoms with van der Waals surface area (Å²) in [5.74, 6) is 0.270. The number of nitrogens with one attached hydrogen (secondary N) is 1. The second-order valence-electron chi connectivity index (χ2n) is 3.93. The van der Waals surface area contributed by atoms with Gasteiger partial charge in [-0.2, -0.15) is 0 Å². The van der Waals surface area contributed by atoms with Gasteiger partial charge in [0.05, 0.1) is 15.9 Å². The Labute approximate surface area is 125 Å². The second-order valence-corrected chi connectivity index (χ2v) is 5.73. The third kappa shape index (κ3) is 3.61. The maximum atomic E-state index is 10.9. The van der Waals surface area contributed by atoms with Crippen molar-refractivity contribution in [3.63, 3.8) is 0 Å². The summed E-state index contributed by atoms with van der Waals surface area (Å²) in [6, 6.07) is 8.51. The van der Waals surface area contributed by atoms with Crippen molar-refractivity contribution in [3.05, 3.63) is 49.7 Å². The largest absolute Gasteiger partial charge is 0.487 e. The van der Waals surface area contributed by atoms with Crippen molar-refractivity contribution in [2.45, 2.75) is 13.5 Å². The molecule has 2 aromatic rings. The van der Waals surface area contributed by atoms with Crippen molar-refractivity contribution < 1.29 is 9.66 Å². The first kappa shape index (κ1) is 14.6. The molecule has 0 radical (unpaired) electrons. The lowest BCUT2D eigenvalue weighted by atomic mass is 10.2. The van der Waals surface area contributed by atoms with Crippen LogP contribution in [0.3, 0.4) is 0 Å². The van der Waals surface area contributed by atoms with Gasteiger partial charge in [0, 0.05) is 29.2 Å². The van der Waals surface area contributed by atoms with E-state index in [0.29, 0.717) is 13.2 Å². The first-order valence-electron chi connectivity index (χ1n) is 5.99. The zero-order chi connectivity index (χ0) is 14.5. The van der Waals surface area contributed by atoms with E-state index in [0.717, 1.165) is 14.9 Å². The topological polar surface area (TPSA) is 64.4 Å². The molecule has 20 heavy (non-hydrogen) atoms. The van der Waals surface area contributed by atoms with E-state index in [-0.39, 0.29) is 11.4 Å². The molecule has 7 heteroatoms. The van der Waals surface area contributed by atoms with Crippen LogP contribution >= 0.6 is 22.9 Å². The molecule has 2 rings (SSSR count). The smallest absolute Gasteiger partial charge is 0.311 e. The van der Waals surface area contributed by atoms with Gasteiger partial charge in [-0.05, 0) is 25.1 Å². The number of benzene rings is 1. The van der Waals surface area contributed by atoms with Gasteiger partial charge in [-0.15, -0.1) is 11.3 Å². The SMILES string of the molecule is CCOc1cc(NCc2ccc(Cl)s2)ccc1[N+](=O)[O-]. The number of ether oxygens (including phenoxy) is 1. The predicted octanol–water partition coefficient (Wildman–Crippen LogP) is 4.32. The number of halogens is 1. The van der Waals surface area contributed by atoms with Crippen LogP contribution in [0.5, 0.6) is 5.75 Å². The van der Waals surface area contributed by atoms with E-state index in [2.05, 4.69) is 5.32 Å². The van der Waals surface area contributed by atoms with Gasteiger partial charge in [-0.3, -0.25) is 10.1 Å². The maximum Gasteiger partial charge on any atom is 0.311 e. The quantitative estimate of drug-likeness (QED) is 0.637. The Morgan fingerprint density at radius 1 is 1.40 bits per heavy atom. The zero-order valence-electron chi connectivity index (χ0n) is 10.8. The summed E-state index contributed by atoms with van der Waals surface area (Å²) in [6.45, 7) is 2.78. The van der Waals surface area contributed by atoms with Crippen LogP contribution in [0.25, 0.3) is 0 Å². The molecule has 0 aliphatic heterocycles. The molecule has 5 nitrogen and oxygen atoms in total. The summed E-state index contributed by atoms with van der Waals surface area (Å²) < 4.78 is 6.03. The van der Waals surface area contributed by atoms with Crippen LogP contribution in [0.1, 0.15) is 11.8 Å². The summed E-state index contributed by atoms with van der Waals surface area (Å²) >= 11 is 7.35. The van der Waals surface area contributed by atoms with E-state index in [9.17, 15) is 10.1 Å². The molecule has 1 aromatic carbocycles. The first-order chi connectivity index (χ1) is 9.60. The Hall–Kier alpha value is -1.79. The third-order valence-electron chi connectivity index (χ3n) is 2.55. The minimum Gasteiger partial charge on any atom is -0.487 e. The van der Waals surface area contributed by atoms with Crippen LogP contribution in [0.15, 0.2) is 30.3 Å². The van der Waals surface area contributed by atoms with Crippen molar-refractivity contribution in [1.82, 2.24) is 0 Å². The summed E-state index contributed by atoms with van der Waals surface area (Å²) in [7, 11) is 0. The average molecular weight is 313 g/mol. The lowest BCUT2D eigenvalue weighted by Gasteiger charge is -2.08. The van der Waals surface area contributed by atoms with E-state index in [1.54, 1.807) is 19.1 Å². The number of nitrogens with zero attached hydrogens (tertiary/aromatic N) is 1. The predicted molar refractivity (Wildman–Crippen MR) is 80.9 cm³/mol. The van der Waals surface area contributed by atoms with Crippen molar-refractivity contribution in [1.29, 1.82) is 0 Å². The lowest BCUT2D eigenvalue weighted by Crippen LogP contribution is -2.01. The van der Waals surface area contributed by atoms with Crippen molar-refractivity contribution in [3.8, 4) is 5.75 Å². The van der Waals surface area contributed by atoms with E-state index in [1.165, 1.54) is 17.4 Å². The number of rotatable bonds is 6. The van der Waals surface area contributed by atoms with E-state index >= 15 is 0 Å². The Balaban J connectivity index is 2.12. The average Bonchev–Trinajstić information content (AvgIpc) is 2.82. The van der Waals surface area contributed by atoms with Crippen LogP contribution in [0.4, 0.5) is 11.4 Å². The lowest BCUT2D eigenvalue weighted by molar-refractivity contribution is -0.385. The van der Waals surface area contributed by atoms with Gasteiger partial charge in [-0.25, -0.2) is 0 Å². The van der Waals surface area contributed by atoms with Crippen LogP contribution in [-0.4, -0.2) is 11.5 Å². The molecule has 0 bridgehead atoms. The van der Waals surface area contributed by atoms with E-state index < -0.39 is 4.92 Å². The van der Waals surface area contributed by atoms with Crippen molar-refractivity contribution in [2.24, 2.45) is 0 Å². The molecule has 1 N–H and O–H groups in total. The fourth-order valence-corrected chi connectivity index (χ4v) is 2.71. The third-order valence-corrected chi connectivity index (χ3v) is 3.78. The number of nitro benzene ring substituents is 1. The monoisotopic (exact) mass is 312 g/mol. The molecular formula is C13H13ClN2O3S. The van der Waals surface area contributed by atoms with Gasteiger partial charge in [0.25, 0.3) is 0 Å². The highest BCUT2D eigenvalue weighted by Gasteiger charge is 2.15. The second kappa shape index (κ2) is 6.58. The molecule has 0 aliphatic rings. The van der Waals surface area contributed by atoms with Crippen LogP contribution in [0.2, 0.25) is 4.34 Å².